The molecule has 0 aromatic rings. The number of allylic oxidation sites excluding steroid dienone is 1. The van der Waals surface area contributed by atoms with Gasteiger partial charge >= 0.3 is 5.97 Å². The summed E-state index contributed by atoms with van der Waals surface area (Å²) >= 11 is 0. The minimum Gasteiger partial charge on any atom is -0.478 e. The predicted molar refractivity (Wildman–Crippen MR) is 161 cm³/mol. The molecule has 0 amide bonds. The lowest BCUT2D eigenvalue weighted by Gasteiger charge is -2.63. The Morgan fingerprint density at radius 3 is 2.33 bits per heavy atom. The zero-order valence-electron chi connectivity index (χ0n) is 26.6. The second-order valence-electron chi connectivity index (χ2n) is 15.6. The van der Waals surface area contributed by atoms with Crippen molar-refractivity contribution in [2.45, 2.75) is 136 Å². The van der Waals surface area contributed by atoms with Gasteiger partial charge in [-0.25, -0.2) is 4.79 Å². The minimum atomic E-state index is -1.18. The van der Waals surface area contributed by atoms with Gasteiger partial charge in [0.1, 0.15) is 5.78 Å². The second-order valence-corrected chi connectivity index (χ2v) is 15.6. The van der Waals surface area contributed by atoms with Crippen LogP contribution in [0.4, 0.5) is 0 Å². The number of carbonyl (C=O) groups excluding carboxylic acids is 2. The first-order valence-corrected chi connectivity index (χ1v) is 16.5. The van der Waals surface area contributed by atoms with Crippen LogP contribution in [0.1, 0.15) is 112 Å². The Bertz CT molecular complexity index is 1230. The van der Waals surface area contributed by atoms with E-state index in [9.17, 15) is 39.9 Å². The maximum atomic E-state index is 14.6. The number of carbonyl (C=O) groups is 3. The maximum Gasteiger partial charge on any atom is 0.331 e. The molecule has 5 rings (SSSR count). The Kier molecular flexibility index (Phi) is 8.46. The molecule has 8 heteroatoms. The summed E-state index contributed by atoms with van der Waals surface area (Å²) < 4.78 is 0. The second kappa shape index (κ2) is 11.2. The molecule has 0 saturated heterocycles. The lowest BCUT2D eigenvalue weighted by atomic mass is 9.40. The summed E-state index contributed by atoms with van der Waals surface area (Å²) in [6.45, 7) is 9.55. The zero-order valence-corrected chi connectivity index (χ0v) is 26.6. The Morgan fingerprint density at radius 2 is 1.67 bits per heavy atom. The van der Waals surface area contributed by atoms with Gasteiger partial charge < -0.3 is 25.5 Å². The van der Waals surface area contributed by atoms with Gasteiger partial charge in [0.05, 0.1) is 24.4 Å². The fraction of sp³-hybridized carbons (Fsp3) is 0.800. The summed E-state index contributed by atoms with van der Waals surface area (Å²) in [4.78, 5) is 39.5. The SMILES string of the molecule is CC(O)CC(=CC(O)CC(C)C1CC(O)C2(C)C3=C4C(=O)CC12CCCCCC41CCC(=O)C(C)(C)C1CC3O)C(=O)O. The number of hydrogen-bond acceptors (Lipinski definition) is 7. The number of aliphatic carboxylic acids is 1. The third kappa shape index (κ3) is 4.81. The van der Waals surface area contributed by atoms with E-state index in [1.165, 1.54) is 13.0 Å². The standard InChI is InChI=1S/C35H52O8/c1-19(13-22(37)15-21(31(42)43)14-20(2)36)23-16-28(41)33(5)29-24(38)17-26-32(3,4)27(40)9-12-34(26)10-7-6-8-11-35(23,33)18-25(39)30(29)34/h15,19-20,22-24,26,28,36-38,41H,6-14,16-18H2,1-5H3,(H,42,43). The molecular formula is C35H52O8. The van der Waals surface area contributed by atoms with Gasteiger partial charge in [-0.2, -0.15) is 0 Å². The van der Waals surface area contributed by atoms with Gasteiger partial charge in [0, 0.05) is 46.7 Å². The van der Waals surface area contributed by atoms with E-state index in [2.05, 4.69) is 6.92 Å². The van der Waals surface area contributed by atoms with E-state index < -0.39 is 52.0 Å². The molecule has 3 fully saturated rings. The number of carboxylic acid groups (broad SMARTS) is 1. The third-order valence-corrected chi connectivity index (χ3v) is 13.0. The molecule has 43 heavy (non-hydrogen) atoms. The van der Waals surface area contributed by atoms with E-state index in [4.69, 9.17) is 0 Å². The van der Waals surface area contributed by atoms with Crippen LogP contribution in [0.15, 0.2) is 22.8 Å². The molecule has 0 radical (unpaired) electrons. The van der Waals surface area contributed by atoms with Gasteiger partial charge in [-0.15, -0.1) is 0 Å². The molecule has 0 heterocycles. The average Bonchev–Trinajstić information content (AvgIpc) is 3.13. The molecule has 10 atom stereocenters. The van der Waals surface area contributed by atoms with Crippen molar-refractivity contribution in [3.05, 3.63) is 22.8 Å². The van der Waals surface area contributed by atoms with Crippen LogP contribution >= 0.6 is 0 Å². The molecule has 2 bridgehead atoms. The normalized spacial score (nSPS) is 41.4. The summed E-state index contributed by atoms with van der Waals surface area (Å²) in [5.41, 5.74) is -1.14. The summed E-state index contributed by atoms with van der Waals surface area (Å²) in [6, 6.07) is 0. The lowest BCUT2D eigenvalue weighted by Crippen LogP contribution is -2.62. The Morgan fingerprint density at radius 1 is 1.00 bits per heavy atom. The number of aliphatic hydroxyl groups is 4. The van der Waals surface area contributed by atoms with Crippen LogP contribution in [0.5, 0.6) is 0 Å². The van der Waals surface area contributed by atoms with Gasteiger partial charge in [-0.1, -0.05) is 47.0 Å². The van der Waals surface area contributed by atoms with E-state index in [1.807, 2.05) is 20.8 Å². The van der Waals surface area contributed by atoms with Crippen molar-refractivity contribution in [1.29, 1.82) is 0 Å². The topological polar surface area (TPSA) is 152 Å². The smallest absolute Gasteiger partial charge is 0.331 e. The highest BCUT2D eigenvalue weighted by Crippen LogP contribution is 2.74. The van der Waals surface area contributed by atoms with Crippen molar-refractivity contribution in [1.82, 2.24) is 0 Å². The quantitative estimate of drug-likeness (QED) is 0.268. The van der Waals surface area contributed by atoms with Crippen molar-refractivity contribution in [2.24, 2.45) is 39.4 Å². The van der Waals surface area contributed by atoms with E-state index in [0.29, 0.717) is 25.7 Å². The van der Waals surface area contributed by atoms with E-state index in [0.717, 1.165) is 43.3 Å². The molecule has 8 nitrogen and oxygen atoms in total. The molecule has 5 aliphatic carbocycles. The average molecular weight is 601 g/mol. The van der Waals surface area contributed by atoms with Crippen molar-refractivity contribution in [2.75, 3.05) is 0 Å². The molecule has 0 aromatic carbocycles. The summed E-state index contributed by atoms with van der Waals surface area (Å²) in [5, 5.41) is 54.3. The number of hydrogen-bond donors (Lipinski definition) is 5. The van der Waals surface area contributed by atoms with Crippen LogP contribution in [0.2, 0.25) is 0 Å². The van der Waals surface area contributed by atoms with Gasteiger partial charge in [-0.05, 0) is 80.3 Å². The molecule has 10 unspecified atom stereocenters. The summed E-state index contributed by atoms with van der Waals surface area (Å²) in [7, 11) is 0. The van der Waals surface area contributed by atoms with Crippen molar-refractivity contribution < 1.29 is 39.9 Å². The summed E-state index contributed by atoms with van der Waals surface area (Å²) in [5.74, 6) is -1.32. The lowest BCUT2D eigenvalue weighted by molar-refractivity contribution is -0.150. The summed E-state index contributed by atoms with van der Waals surface area (Å²) in [6.07, 6.45) is 4.45. The maximum absolute atomic E-state index is 14.6. The number of fused-ring (bicyclic) bond motifs is 2. The van der Waals surface area contributed by atoms with Crippen molar-refractivity contribution in [3.8, 4) is 0 Å². The highest BCUT2D eigenvalue weighted by Gasteiger charge is 2.71. The van der Waals surface area contributed by atoms with Crippen molar-refractivity contribution in [3.63, 3.8) is 0 Å². The fourth-order valence-corrected chi connectivity index (χ4v) is 11.1. The largest absolute Gasteiger partial charge is 0.478 e. The molecule has 2 spiro atoms. The Balaban J connectivity index is 1.59. The Hall–Kier alpha value is -1.87. The zero-order chi connectivity index (χ0) is 31.7. The molecule has 5 N–H and O–H groups in total. The minimum absolute atomic E-state index is 0.0374. The molecular weight excluding hydrogens is 548 g/mol. The van der Waals surface area contributed by atoms with E-state index in [-0.39, 0.29) is 54.2 Å². The highest BCUT2D eigenvalue weighted by molar-refractivity contribution is 6.01. The van der Waals surface area contributed by atoms with Gasteiger partial charge in [0.2, 0.25) is 0 Å². The monoisotopic (exact) mass is 600 g/mol. The fourth-order valence-electron chi connectivity index (χ4n) is 11.1. The van der Waals surface area contributed by atoms with Crippen LogP contribution in [-0.2, 0) is 14.4 Å². The number of rotatable bonds is 7. The first kappa shape index (κ1) is 32.5. The number of carboxylic acids is 1. The molecule has 0 aliphatic heterocycles. The first-order valence-electron chi connectivity index (χ1n) is 16.5. The molecule has 240 valence electrons. The van der Waals surface area contributed by atoms with Gasteiger partial charge in [-0.3, -0.25) is 9.59 Å². The van der Waals surface area contributed by atoms with Crippen LogP contribution in [0.25, 0.3) is 0 Å². The number of ketones is 2. The van der Waals surface area contributed by atoms with Crippen molar-refractivity contribution >= 4 is 17.5 Å². The van der Waals surface area contributed by atoms with Crippen LogP contribution in [0, 0.1) is 39.4 Å². The number of Topliss-reactive ketones (excluding diaryl/α,β-unsaturated/α-hetero) is 2. The van der Waals surface area contributed by atoms with E-state index in [1.54, 1.807) is 0 Å². The van der Waals surface area contributed by atoms with E-state index >= 15 is 0 Å². The number of aliphatic hydroxyl groups excluding tert-OH is 4. The van der Waals surface area contributed by atoms with Crippen LogP contribution in [0.3, 0.4) is 0 Å². The molecule has 5 aliphatic rings. The Labute approximate surface area is 255 Å². The predicted octanol–water partition coefficient (Wildman–Crippen LogP) is 4.52. The van der Waals surface area contributed by atoms with Crippen LogP contribution < -0.4 is 0 Å². The highest BCUT2D eigenvalue weighted by atomic mass is 16.4. The van der Waals surface area contributed by atoms with Crippen LogP contribution in [-0.4, -0.2) is 67.5 Å². The molecule has 0 aromatic heterocycles. The molecule has 3 saturated carbocycles. The van der Waals surface area contributed by atoms with Gasteiger partial charge in [0.25, 0.3) is 0 Å². The third-order valence-electron chi connectivity index (χ3n) is 13.0. The van der Waals surface area contributed by atoms with Gasteiger partial charge in [0.15, 0.2) is 5.78 Å². The first-order chi connectivity index (χ1) is 20.0.